The van der Waals surface area contributed by atoms with Gasteiger partial charge in [-0.25, -0.2) is 4.98 Å². The van der Waals surface area contributed by atoms with E-state index >= 15 is 0 Å². The first-order valence-electron chi connectivity index (χ1n) is 7.18. The molecule has 0 N–H and O–H groups in total. The fraction of sp³-hybridized carbons (Fsp3) is 0.688. The van der Waals surface area contributed by atoms with E-state index in [4.69, 9.17) is 14.2 Å². The molecule has 20 heavy (non-hydrogen) atoms. The summed E-state index contributed by atoms with van der Waals surface area (Å²) in [6, 6.07) is 1.84. The maximum absolute atomic E-state index is 6.03. The number of nitrogens with zero attached hydrogens (tertiary/aromatic N) is 1. The predicted octanol–water partition coefficient (Wildman–Crippen LogP) is 3.98. The van der Waals surface area contributed by atoms with Crippen LogP contribution in [0.1, 0.15) is 54.4 Å². The second-order valence-corrected chi connectivity index (χ2v) is 7.19. The lowest BCUT2D eigenvalue weighted by Gasteiger charge is -2.27. The van der Waals surface area contributed by atoms with Crippen molar-refractivity contribution in [2.75, 3.05) is 0 Å². The molecule has 1 aliphatic carbocycles. The van der Waals surface area contributed by atoms with Crippen LogP contribution in [0, 0.1) is 0 Å². The van der Waals surface area contributed by atoms with E-state index in [-0.39, 0.29) is 11.2 Å². The zero-order valence-corrected chi connectivity index (χ0v) is 13.3. The van der Waals surface area contributed by atoms with Gasteiger partial charge in [0, 0.05) is 12.3 Å². The van der Waals surface area contributed by atoms with Gasteiger partial charge in [-0.05, 0) is 54.4 Å². The molecule has 4 heteroatoms. The molecule has 1 aromatic rings. The molecule has 112 valence electrons. The lowest BCUT2D eigenvalue weighted by molar-refractivity contribution is 0.0857. The van der Waals surface area contributed by atoms with Crippen LogP contribution < -0.4 is 14.2 Å². The Morgan fingerprint density at radius 2 is 1.60 bits per heavy atom. The van der Waals surface area contributed by atoms with Gasteiger partial charge in [0.2, 0.25) is 5.75 Å². The molecule has 1 heterocycles. The Bertz CT molecular complexity index is 468. The highest BCUT2D eigenvalue weighted by Gasteiger charge is 2.29. The van der Waals surface area contributed by atoms with Crippen molar-refractivity contribution in [2.24, 2.45) is 0 Å². The van der Waals surface area contributed by atoms with E-state index in [9.17, 15) is 0 Å². The average molecular weight is 279 g/mol. The van der Waals surface area contributed by atoms with Crippen LogP contribution in [0.3, 0.4) is 0 Å². The standard InChI is InChI=1S/C16H25NO3/c1-15(2,3)19-13-12(18-11-7-8-11)9-10-17-14(13)20-16(4,5)6/h9-11H,7-8H2,1-6H3. The van der Waals surface area contributed by atoms with E-state index in [1.54, 1.807) is 6.20 Å². The summed E-state index contributed by atoms with van der Waals surface area (Å²) in [5.74, 6) is 1.81. The van der Waals surface area contributed by atoms with Gasteiger partial charge in [-0.15, -0.1) is 0 Å². The minimum atomic E-state index is -0.333. The number of aromatic nitrogens is 1. The Kier molecular flexibility index (Phi) is 3.85. The van der Waals surface area contributed by atoms with Gasteiger partial charge in [0.15, 0.2) is 5.75 Å². The molecule has 0 atom stereocenters. The van der Waals surface area contributed by atoms with Crippen LogP contribution >= 0.6 is 0 Å². The van der Waals surface area contributed by atoms with Crippen LogP contribution in [0.2, 0.25) is 0 Å². The highest BCUT2D eigenvalue weighted by atomic mass is 16.6. The van der Waals surface area contributed by atoms with Crippen molar-refractivity contribution in [3.05, 3.63) is 12.3 Å². The molecule has 0 radical (unpaired) electrons. The van der Waals surface area contributed by atoms with Crippen molar-refractivity contribution < 1.29 is 14.2 Å². The summed E-state index contributed by atoms with van der Waals surface area (Å²) >= 11 is 0. The Morgan fingerprint density at radius 3 is 2.10 bits per heavy atom. The SMILES string of the molecule is CC(C)(C)Oc1nccc(OC2CC2)c1OC(C)(C)C. The zero-order chi connectivity index (χ0) is 15.0. The largest absolute Gasteiger partial charge is 0.486 e. The van der Waals surface area contributed by atoms with Crippen molar-refractivity contribution in [2.45, 2.75) is 71.7 Å². The monoisotopic (exact) mass is 279 g/mol. The lowest BCUT2D eigenvalue weighted by Crippen LogP contribution is -2.27. The van der Waals surface area contributed by atoms with Crippen LogP contribution in [0.5, 0.6) is 17.4 Å². The third-order valence-corrected chi connectivity index (χ3v) is 2.46. The zero-order valence-electron chi connectivity index (χ0n) is 13.3. The summed E-state index contributed by atoms with van der Waals surface area (Å²) in [5.41, 5.74) is -0.665. The van der Waals surface area contributed by atoms with E-state index in [0.29, 0.717) is 17.7 Å². The van der Waals surface area contributed by atoms with Gasteiger partial charge >= 0.3 is 0 Å². The van der Waals surface area contributed by atoms with Crippen molar-refractivity contribution in [3.8, 4) is 17.4 Å². The van der Waals surface area contributed by atoms with Crippen molar-refractivity contribution in [1.82, 2.24) is 4.98 Å². The van der Waals surface area contributed by atoms with Crippen LogP contribution in [0.15, 0.2) is 12.3 Å². The Morgan fingerprint density at radius 1 is 1.00 bits per heavy atom. The number of hydrogen-bond acceptors (Lipinski definition) is 4. The average Bonchev–Trinajstić information content (AvgIpc) is 3.03. The Balaban J connectivity index is 2.32. The van der Waals surface area contributed by atoms with Crippen LogP contribution in [0.25, 0.3) is 0 Å². The van der Waals surface area contributed by atoms with E-state index < -0.39 is 0 Å². The molecule has 0 saturated heterocycles. The molecule has 0 spiro atoms. The van der Waals surface area contributed by atoms with E-state index in [1.807, 2.05) is 47.6 Å². The van der Waals surface area contributed by atoms with Crippen molar-refractivity contribution in [3.63, 3.8) is 0 Å². The summed E-state index contributed by atoms with van der Waals surface area (Å²) in [6.45, 7) is 12.0. The van der Waals surface area contributed by atoms with Gasteiger partial charge in [-0.1, -0.05) is 0 Å². The number of rotatable bonds is 4. The molecule has 1 aromatic heterocycles. The minimum absolute atomic E-state index is 0.308. The molecule has 0 bridgehead atoms. The second kappa shape index (κ2) is 5.15. The summed E-state index contributed by atoms with van der Waals surface area (Å²) in [7, 11) is 0. The van der Waals surface area contributed by atoms with Crippen molar-refractivity contribution >= 4 is 0 Å². The van der Waals surface area contributed by atoms with E-state index in [2.05, 4.69) is 4.98 Å². The molecule has 4 nitrogen and oxygen atoms in total. The third-order valence-electron chi connectivity index (χ3n) is 2.46. The lowest BCUT2D eigenvalue weighted by atomic mass is 10.2. The van der Waals surface area contributed by atoms with E-state index in [0.717, 1.165) is 18.6 Å². The normalized spacial score (nSPS) is 15.9. The molecule has 0 unspecified atom stereocenters. The Hall–Kier alpha value is -1.45. The third kappa shape index (κ3) is 4.58. The van der Waals surface area contributed by atoms with Crippen LogP contribution in [-0.4, -0.2) is 22.3 Å². The molecular formula is C16H25NO3. The quantitative estimate of drug-likeness (QED) is 0.836. The first-order chi connectivity index (χ1) is 9.14. The fourth-order valence-electron chi connectivity index (χ4n) is 1.63. The molecule has 0 aromatic carbocycles. The second-order valence-electron chi connectivity index (χ2n) is 7.19. The number of ether oxygens (including phenoxy) is 3. The molecule has 1 aliphatic rings. The molecule has 0 amide bonds. The summed E-state index contributed by atoms with van der Waals surface area (Å²) in [4.78, 5) is 4.31. The smallest absolute Gasteiger partial charge is 0.261 e. The first-order valence-corrected chi connectivity index (χ1v) is 7.18. The van der Waals surface area contributed by atoms with Gasteiger partial charge < -0.3 is 14.2 Å². The number of hydrogen-bond donors (Lipinski definition) is 0. The highest BCUT2D eigenvalue weighted by Crippen LogP contribution is 2.41. The summed E-state index contributed by atoms with van der Waals surface area (Å²) < 4.78 is 17.8. The topological polar surface area (TPSA) is 40.6 Å². The molecular weight excluding hydrogens is 254 g/mol. The highest BCUT2D eigenvalue weighted by molar-refractivity contribution is 5.47. The van der Waals surface area contributed by atoms with Crippen molar-refractivity contribution in [1.29, 1.82) is 0 Å². The van der Waals surface area contributed by atoms with Gasteiger partial charge in [0.1, 0.15) is 11.2 Å². The molecule has 0 aliphatic heterocycles. The maximum atomic E-state index is 6.03. The summed E-state index contributed by atoms with van der Waals surface area (Å²) in [6.07, 6.45) is 4.22. The number of pyridine rings is 1. The van der Waals surface area contributed by atoms with Gasteiger partial charge in [0.25, 0.3) is 5.88 Å². The van der Waals surface area contributed by atoms with Gasteiger partial charge in [-0.3, -0.25) is 0 Å². The van der Waals surface area contributed by atoms with Gasteiger partial charge in [-0.2, -0.15) is 0 Å². The minimum Gasteiger partial charge on any atom is -0.486 e. The van der Waals surface area contributed by atoms with Gasteiger partial charge in [0.05, 0.1) is 6.10 Å². The predicted molar refractivity (Wildman–Crippen MR) is 78.6 cm³/mol. The molecule has 2 rings (SSSR count). The summed E-state index contributed by atoms with van der Waals surface area (Å²) in [5, 5.41) is 0. The van der Waals surface area contributed by atoms with Crippen LogP contribution in [0.4, 0.5) is 0 Å². The molecule has 1 saturated carbocycles. The first kappa shape index (κ1) is 14.9. The maximum Gasteiger partial charge on any atom is 0.261 e. The van der Waals surface area contributed by atoms with Crippen LogP contribution in [-0.2, 0) is 0 Å². The van der Waals surface area contributed by atoms with E-state index in [1.165, 1.54) is 0 Å². The molecule has 1 fully saturated rings. The fourth-order valence-corrected chi connectivity index (χ4v) is 1.63. The Labute approximate surface area is 121 Å².